The normalized spacial score (nSPS) is 13.3. The van der Waals surface area contributed by atoms with E-state index in [-0.39, 0.29) is 12.8 Å². The molecule has 0 spiro atoms. The fourth-order valence-corrected chi connectivity index (χ4v) is 3.13. The summed E-state index contributed by atoms with van der Waals surface area (Å²) < 4.78 is 0. The van der Waals surface area contributed by atoms with Gasteiger partial charge in [0, 0.05) is 0 Å². The maximum atomic E-state index is 12.4. The van der Waals surface area contributed by atoms with E-state index in [9.17, 15) is 29.1 Å². The van der Waals surface area contributed by atoms with Crippen LogP contribution in [0.25, 0.3) is 0 Å². The molecule has 0 aliphatic rings. The predicted molar refractivity (Wildman–Crippen MR) is 118 cm³/mol. The minimum Gasteiger partial charge on any atom is -0.481 e. The monoisotopic (exact) mass is 468 g/mol. The molecule has 0 aliphatic heterocycles. The molecular weight excluding hydrogens is 440 g/mol. The van der Waals surface area contributed by atoms with Gasteiger partial charge in [0.05, 0.1) is 19.0 Å². The summed E-state index contributed by atoms with van der Waals surface area (Å²) in [5, 5.41) is 25.0. The van der Waals surface area contributed by atoms with Gasteiger partial charge < -0.3 is 31.9 Å². The van der Waals surface area contributed by atoms with Crippen LogP contribution in [0.4, 0.5) is 0 Å². The molecule has 0 saturated carbocycles. The maximum absolute atomic E-state index is 12.4. The topological polar surface area (TPSA) is 188 Å². The Labute approximate surface area is 189 Å². The first-order valence-corrected chi connectivity index (χ1v) is 11.1. The SMILES string of the molecule is CSCCC(NC(=O)C(CC(=O)O)NC(=O)CNC(=O)C(N)Cc1ccccc1)C(=O)O. The van der Waals surface area contributed by atoms with Crippen molar-refractivity contribution in [3.05, 3.63) is 35.9 Å². The summed E-state index contributed by atoms with van der Waals surface area (Å²) in [4.78, 5) is 59.0. The Hall–Kier alpha value is -3.12. The van der Waals surface area contributed by atoms with Crippen molar-refractivity contribution in [1.29, 1.82) is 0 Å². The van der Waals surface area contributed by atoms with Crippen LogP contribution in [-0.4, -0.2) is 76.6 Å². The molecule has 176 valence electrons. The van der Waals surface area contributed by atoms with Crippen LogP contribution in [0.5, 0.6) is 0 Å². The fraction of sp³-hybridized carbons (Fsp3) is 0.450. The van der Waals surface area contributed by atoms with Crippen molar-refractivity contribution in [1.82, 2.24) is 16.0 Å². The number of carboxylic acid groups (broad SMARTS) is 2. The molecule has 11 nitrogen and oxygen atoms in total. The summed E-state index contributed by atoms with van der Waals surface area (Å²) >= 11 is 1.39. The number of rotatable bonds is 14. The molecule has 0 heterocycles. The van der Waals surface area contributed by atoms with E-state index in [0.717, 1.165) is 5.56 Å². The van der Waals surface area contributed by atoms with Crippen LogP contribution in [0, 0.1) is 0 Å². The average Bonchev–Trinajstić information content (AvgIpc) is 2.74. The lowest BCUT2D eigenvalue weighted by Crippen LogP contribution is -2.54. The van der Waals surface area contributed by atoms with Gasteiger partial charge in [-0.1, -0.05) is 30.3 Å². The zero-order valence-corrected chi connectivity index (χ0v) is 18.4. The van der Waals surface area contributed by atoms with Crippen molar-refractivity contribution in [3.63, 3.8) is 0 Å². The summed E-state index contributed by atoms with van der Waals surface area (Å²) in [6, 6.07) is 5.40. The third-order valence-corrected chi connectivity index (χ3v) is 4.96. The first kappa shape index (κ1) is 26.9. The van der Waals surface area contributed by atoms with Gasteiger partial charge in [-0.3, -0.25) is 19.2 Å². The molecule has 32 heavy (non-hydrogen) atoms. The van der Waals surface area contributed by atoms with Crippen LogP contribution in [0.1, 0.15) is 18.4 Å². The van der Waals surface area contributed by atoms with Crippen molar-refractivity contribution in [2.24, 2.45) is 5.73 Å². The lowest BCUT2D eigenvalue weighted by atomic mass is 10.1. The Morgan fingerprint density at radius 3 is 2.22 bits per heavy atom. The number of thioether (sulfide) groups is 1. The molecule has 3 atom stereocenters. The largest absolute Gasteiger partial charge is 0.481 e. The fourth-order valence-electron chi connectivity index (χ4n) is 2.65. The molecule has 0 fully saturated rings. The van der Waals surface area contributed by atoms with Gasteiger partial charge in [0.1, 0.15) is 12.1 Å². The summed E-state index contributed by atoms with van der Waals surface area (Å²) in [6.07, 6.45) is 1.40. The molecule has 0 radical (unpaired) electrons. The minimum atomic E-state index is -1.51. The number of nitrogens with one attached hydrogen (secondary N) is 3. The molecular formula is C20H28N4O7S. The van der Waals surface area contributed by atoms with Crippen LogP contribution < -0.4 is 21.7 Å². The van der Waals surface area contributed by atoms with Crippen LogP contribution in [-0.2, 0) is 30.4 Å². The maximum Gasteiger partial charge on any atom is 0.326 e. The van der Waals surface area contributed by atoms with Crippen LogP contribution in [0.15, 0.2) is 30.3 Å². The average molecular weight is 469 g/mol. The molecule has 3 amide bonds. The van der Waals surface area contributed by atoms with E-state index in [2.05, 4.69) is 16.0 Å². The Bertz CT molecular complexity index is 806. The quantitative estimate of drug-likeness (QED) is 0.198. The summed E-state index contributed by atoms with van der Waals surface area (Å²) in [5.74, 6) is -4.53. The van der Waals surface area contributed by atoms with Gasteiger partial charge in [0.2, 0.25) is 17.7 Å². The molecule has 0 aromatic heterocycles. The van der Waals surface area contributed by atoms with E-state index < -0.39 is 60.8 Å². The third-order valence-electron chi connectivity index (χ3n) is 4.31. The molecule has 1 aromatic rings. The number of amides is 3. The lowest BCUT2D eigenvalue weighted by Gasteiger charge is -2.20. The van der Waals surface area contributed by atoms with Crippen molar-refractivity contribution >= 4 is 41.4 Å². The van der Waals surface area contributed by atoms with Gasteiger partial charge in [0.15, 0.2) is 0 Å². The Kier molecular flexibility index (Phi) is 11.8. The molecule has 3 unspecified atom stereocenters. The van der Waals surface area contributed by atoms with Gasteiger partial charge in [-0.15, -0.1) is 0 Å². The van der Waals surface area contributed by atoms with Crippen LogP contribution in [0.3, 0.4) is 0 Å². The van der Waals surface area contributed by atoms with Crippen molar-refractivity contribution < 1.29 is 34.2 Å². The van der Waals surface area contributed by atoms with Gasteiger partial charge >= 0.3 is 11.9 Å². The third kappa shape index (κ3) is 10.3. The van der Waals surface area contributed by atoms with Gasteiger partial charge in [-0.2, -0.15) is 11.8 Å². The zero-order valence-electron chi connectivity index (χ0n) is 17.6. The summed E-state index contributed by atoms with van der Waals surface area (Å²) in [5.41, 5.74) is 6.67. The second-order valence-corrected chi connectivity index (χ2v) is 7.90. The molecule has 0 aliphatic carbocycles. The molecule has 1 rings (SSSR count). The Morgan fingerprint density at radius 2 is 1.66 bits per heavy atom. The highest BCUT2D eigenvalue weighted by Gasteiger charge is 2.28. The van der Waals surface area contributed by atoms with Gasteiger partial charge in [-0.05, 0) is 30.4 Å². The highest BCUT2D eigenvalue weighted by atomic mass is 32.2. The van der Waals surface area contributed by atoms with Gasteiger partial charge in [0.25, 0.3) is 0 Å². The number of hydrogen-bond donors (Lipinski definition) is 6. The van der Waals surface area contributed by atoms with E-state index in [1.165, 1.54) is 11.8 Å². The molecule has 1 aromatic carbocycles. The number of carboxylic acids is 2. The van der Waals surface area contributed by atoms with Gasteiger partial charge in [-0.25, -0.2) is 4.79 Å². The number of aliphatic carboxylic acids is 2. The van der Waals surface area contributed by atoms with E-state index in [1.807, 2.05) is 6.07 Å². The van der Waals surface area contributed by atoms with E-state index >= 15 is 0 Å². The summed E-state index contributed by atoms with van der Waals surface area (Å²) in [6.45, 7) is -0.528. The first-order valence-electron chi connectivity index (χ1n) is 9.74. The highest BCUT2D eigenvalue weighted by molar-refractivity contribution is 7.98. The zero-order chi connectivity index (χ0) is 24.1. The van der Waals surface area contributed by atoms with E-state index in [0.29, 0.717) is 5.75 Å². The predicted octanol–water partition coefficient (Wildman–Crippen LogP) is -1.05. The number of carbonyl (C=O) groups excluding carboxylic acids is 3. The van der Waals surface area contributed by atoms with Crippen LogP contribution >= 0.6 is 11.8 Å². The number of hydrogen-bond acceptors (Lipinski definition) is 7. The number of carbonyl (C=O) groups is 5. The number of benzene rings is 1. The second-order valence-electron chi connectivity index (χ2n) is 6.91. The smallest absolute Gasteiger partial charge is 0.326 e. The summed E-state index contributed by atoms with van der Waals surface area (Å²) in [7, 11) is 0. The highest BCUT2D eigenvalue weighted by Crippen LogP contribution is 2.03. The van der Waals surface area contributed by atoms with Crippen molar-refractivity contribution in [3.8, 4) is 0 Å². The molecule has 0 saturated heterocycles. The van der Waals surface area contributed by atoms with E-state index in [4.69, 9.17) is 10.8 Å². The Morgan fingerprint density at radius 1 is 1.00 bits per heavy atom. The van der Waals surface area contributed by atoms with E-state index in [1.54, 1.807) is 30.5 Å². The van der Waals surface area contributed by atoms with Crippen LogP contribution in [0.2, 0.25) is 0 Å². The minimum absolute atomic E-state index is 0.130. The second kappa shape index (κ2) is 14.0. The number of nitrogens with two attached hydrogens (primary N) is 1. The molecule has 0 bridgehead atoms. The van der Waals surface area contributed by atoms with Crippen molar-refractivity contribution in [2.45, 2.75) is 37.4 Å². The van der Waals surface area contributed by atoms with Crippen molar-refractivity contribution in [2.75, 3.05) is 18.6 Å². The molecule has 12 heteroatoms. The standard InChI is InChI=1S/C20H28N4O7S/c1-32-8-7-14(20(30)31)24-19(29)15(10-17(26)27)23-16(25)11-22-18(28)13(21)9-12-5-3-2-4-6-12/h2-6,13-15H,7-11,21H2,1H3,(H,22,28)(H,23,25)(H,24,29)(H,26,27)(H,30,31). The first-order chi connectivity index (χ1) is 15.1. The Balaban J connectivity index is 2.62. The molecule has 7 N–H and O–H groups in total. The lowest BCUT2D eigenvalue weighted by molar-refractivity contribution is -0.143.